The van der Waals surface area contributed by atoms with Gasteiger partial charge in [-0.05, 0) is 67.8 Å². The van der Waals surface area contributed by atoms with Gasteiger partial charge in [0.15, 0.2) is 5.76 Å². The first kappa shape index (κ1) is 19.9. The number of aryl methyl sites for hydroxylation is 1. The molecule has 3 aromatic rings. The Morgan fingerprint density at radius 3 is 2.40 bits per heavy atom. The van der Waals surface area contributed by atoms with Crippen molar-refractivity contribution in [2.45, 2.75) is 19.8 Å². The third-order valence-corrected chi connectivity index (χ3v) is 6.04. The van der Waals surface area contributed by atoms with Crippen molar-refractivity contribution in [2.75, 3.05) is 23.7 Å². The summed E-state index contributed by atoms with van der Waals surface area (Å²) < 4.78 is 5.08. The van der Waals surface area contributed by atoms with Gasteiger partial charge in [-0.3, -0.25) is 14.4 Å². The molecule has 1 aliphatic heterocycles. The van der Waals surface area contributed by atoms with Gasteiger partial charge in [-0.25, -0.2) is 0 Å². The molecule has 1 aromatic carbocycles. The summed E-state index contributed by atoms with van der Waals surface area (Å²) >= 11 is 1.19. The molecule has 3 heterocycles. The lowest BCUT2D eigenvalue weighted by Crippen LogP contribution is -2.27. The van der Waals surface area contributed by atoms with Crippen LogP contribution in [0.15, 0.2) is 53.1 Å². The number of carbonyl (C=O) groups is 3. The highest BCUT2D eigenvalue weighted by molar-refractivity contribution is 7.18. The van der Waals surface area contributed by atoms with Crippen LogP contribution in [-0.2, 0) is 0 Å². The van der Waals surface area contributed by atoms with Gasteiger partial charge in [-0.2, -0.15) is 0 Å². The molecular weight excluding hydrogens is 402 g/mol. The molecule has 154 valence electrons. The van der Waals surface area contributed by atoms with E-state index in [9.17, 15) is 14.4 Å². The number of thiophene rings is 1. The summed E-state index contributed by atoms with van der Waals surface area (Å²) in [5.41, 5.74) is 1.98. The smallest absolute Gasteiger partial charge is 0.291 e. The Morgan fingerprint density at radius 1 is 1.00 bits per heavy atom. The number of rotatable bonds is 5. The van der Waals surface area contributed by atoms with Gasteiger partial charge in [-0.1, -0.05) is 0 Å². The summed E-state index contributed by atoms with van der Waals surface area (Å²) in [6.45, 7) is 3.41. The highest BCUT2D eigenvalue weighted by atomic mass is 32.1. The monoisotopic (exact) mass is 423 g/mol. The zero-order valence-corrected chi connectivity index (χ0v) is 17.3. The molecule has 1 aliphatic rings. The molecule has 30 heavy (non-hydrogen) atoms. The second-order valence-corrected chi connectivity index (χ2v) is 8.14. The van der Waals surface area contributed by atoms with E-state index in [1.165, 1.54) is 17.6 Å². The molecule has 1 saturated heterocycles. The zero-order valence-electron chi connectivity index (χ0n) is 16.4. The van der Waals surface area contributed by atoms with E-state index in [0.29, 0.717) is 21.1 Å². The van der Waals surface area contributed by atoms with Crippen molar-refractivity contribution in [3.8, 4) is 0 Å². The molecule has 7 nitrogen and oxygen atoms in total. The summed E-state index contributed by atoms with van der Waals surface area (Å²) in [7, 11) is 0. The molecule has 2 N–H and O–H groups in total. The van der Waals surface area contributed by atoms with E-state index >= 15 is 0 Å². The highest BCUT2D eigenvalue weighted by Gasteiger charge is 2.20. The predicted molar refractivity (Wildman–Crippen MR) is 115 cm³/mol. The molecule has 1 fully saturated rings. The van der Waals surface area contributed by atoms with Crippen molar-refractivity contribution in [3.63, 3.8) is 0 Å². The van der Waals surface area contributed by atoms with Crippen LogP contribution in [0.4, 0.5) is 10.7 Å². The average molecular weight is 423 g/mol. The van der Waals surface area contributed by atoms with Crippen molar-refractivity contribution in [1.82, 2.24) is 4.90 Å². The third-order valence-electron chi connectivity index (χ3n) is 4.89. The molecule has 0 saturated carbocycles. The topological polar surface area (TPSA) is 91.6 Å². The van der Waals surface area contributed by atoms with Gasteiger partial charge in [0.1, 0.15) is 0 Å². The molecule has 0 unspecified atom stereocenters. The molecule has 8 heteroatoms. The Labute approximate surface area is 177 Å². The van der Waals surface area contributed by atoms with E-state index in [1.807, 2.05) is 11.8 Å². The van der Waals surface area contributed by atoms with Crippen molar-refractivity contribution in [2.24, 2.45) is 0 Å². The van der Waals surface area contributed by atoms with Crippen LogP contribution >= 0.6 is 11.3 Å². The van der Waals surface area contributed by atoms with E-state index in [-0.39, 0.29) is 23.5 Å². The number of furan rings is 1. The summed E-state index contributed by atoms with van der Waals surface area (Å²) in [5.74, 6) is -0.409. The number of hydrogen-bond donors (Lipinski definition) is 2. The Hall–Kier alpha value is -3.39. The summed E-state index contributed by atoms with van der Waals surface area (Å²) in [4.78, 5) is 39.6. The first-order valence-electron chi connectivity index (χ1n) is 9.67. The minimum absolute atomic E-state index is 0.0245. The van der Waals surface area contributed by atoms with Crippen molar-refractivity contribution >= 4 is 39.7 Å². The molecule has 0 atom stereocenters. The fourth-order valence-corrected chi connectivity index (χ4v) is 4.30. The molecule has 0 bridgehead atoms. The first-order chi connectivity index (χ1) is 14.5. The maximum atomic E-state index is 12.7. The minimum atomic E-state index is -0.369. The van der Waals surface area contributed by atoms with E-state index in [2.05, 4.69) is 10.6 Å². The predicted octanol–water partition coefficient (Wildman–Crippen LogP) is 4.39. The van der Waals surface area contributed by atoms with Gasteiger partial charge < -0.3 is 20.0 Å². The number of benzene rings is 1. The van der Waals surface area contributed by atoms with Gasteiger partial charge in [0.25, 0.3) is 17.7 Å². The SMILES string of the molecule is Cc1cc(NC(=O)c2ccco2)sc1C(=O)Nc1ccc(C(=O)N2CCCC2)cc1. The number of amides is 3. The van der Waals surface area contributed by atoms with E-state index in [0.717, 1.165) is 31.5 Å². The Morgan fingerprint density at radius 2 is 1.73 bits per heavy atom. The maximum Gasteiger partial charge on any atom is 0.291 e. The molecule has 0 aliphatic carbocycles. The molecule has 0 spiro atoms. The average Bonchev–Trinajstić information content (AvgIpc) is 3.50. The van der Waals surface area contributed by atoms with Crippen LogP contribution in [0.25, 0.3) is 0 Å². The van der Waals surface area contributed by atoms with Crippen LogP contribution < -0.4 is 10.6 Å². The lowest BCUT2D eigenvalue weighted by Gasteiger charge is -2.15. The lowest BCUT2D eigenvalue weighted by atomic mass is 10.2. The van der Waals surface area contributed by atoms with E-state index < -0.39 is 0 Å². The van der Waals surface area contributed by atoms with Crippen LogP contribution in [-0.4, -0.2) is 35.7 Å². The Balaban J connectivity index is 1.40. The summed E-state index contributed by atoms with van der Waals surface area (Å²) in [6, 6.07) is 11.9. The highest BCUT2D eigenvalue weighted by Crippen LogP contribution is 2.28. The van der Waals surface area contributed by atoms with Crippen molar-refractivity contribution in [3.05, 3.63) is 70.5 Å². The van der Waals surface area contributed by atoms with Gasteiger partial charge in [0, 0.05) is 24.3 Å². The minimum Gasteiger partial charge on any atom is -0.459 e. The molecular formula is C22H21N3O4S. The van der Waals surface area contributed by atoms with Gasteiger partial charge in [-0.15, -0.1) is 11.3 Å². The van der Waals surface area contributed by atoms with Crippen LogP contribution in [0.1, 0.15) is 49.0 Å². The molecule has 3 amide bonds. The largest absolute Gasteiger partial charge is 0.459 e. The fraction of sp³-hybridized carbons (Fsp3) is 0.227. The van der Waals surface area contributed by atoms with Gasteiger partial charge in [0.05, 0.1) is 16.1 Å². The van der Waals surface area contributed by atoms with Gasteiger partial charge in [0.2, 0.25) is 0 Å². The third kappa shape index (κ3) is 4.28. The lowest BCUT2D eigenvalue weighted by molar-refractivity contribution is 0.0792. The quantitative estimate of drug-likeness (QED) is 0.637. The van der Waals surface area contributed by atoms with Crippen molar-refractivity contribution in [1.29, 1.82) is 0 Å². The maximum absolute atomic E-state index is 12.7. The van der Waals surface area contributed by atoms with Crippen LogP contribution in [0.3, 0.4) is 0 Å². The Kier molecular flexibility index (Phi) is 5.67. The summed E-state index contributed by atoms with van der Waals surface area (Å²) in [6.07, 6.45) is 3.52. The number of nitrogens with one attached hydrogen (secondary N) is 2. The zero-order chi connectivity index (χ0) is 21.1. The molecule has 0 radical (unpaired) electrons. The number of anilines is 2. The number of likely N-dealkylation sites (tertiary alicyclic amines) is 1. The fourth-order valence-electron chi connectivity index (χ4n) is 3.34. The van der Waals surface area contributed by atoms with E-state index in [1.54, 1.807) is 42.5 Å². The number of carbonyl (C=O) groups excluding carboxylic acids is 3. The number of hydrogen-bond acceptors (Lipinski definition) is 5. The van der Waals surface area contributed by atoms with Gasteiger partial charge >= 0.3 is 0 Å². The normalized spacial score (nSPS) is 13.3. The Bertz CT molecular complexity index is 1060. The van der Waals surface area contributed by atoms with Crippen LogP contribution in [0.2, 0.25) is 0 Å². The summed E-state index contributed by atoms with van der Waals surface area (Å²) in [5, 5.41) is 6.14. The van der Waals surface area contributed by atoms with Crippen molar-refractivity contribution < 1.29 is 18.8 Å². The second-order valence-electron chi connectivity index (χ2n) is 7.08. The van der Waals surface area contributed by atoms with E-state index in [4.69, 9.17) is 4.42 Å². The van der Waals surface area contributed by atoms with Crippen LogP contribution in [0.5, 0.6) is 0 Å². The van der Waals surface area contributed by atoms with Crippen LogP contribution in [0, 0.1) is 6.92 Å². The number of nitrogens with zero attached hydrogens (tertiary/aromatic N) is 1. The standard InChI is InChI=1S/C22H21N3O4S/c1-14-13-18(24-20(26)17-5-4-12-29-17)30-19(14)21(27)23-16-8-6-15(7-9-16)22(28)25-10-2-3-11-25/h4-9,12-13H,2-3,10-11H2,1H3,(H,23,27)(H,24,26). The molecule has 4 rings (SSSR count). The molecule has 2 aromatic heterocycles. The second kappa shape index (κ2) is 8.54. The first-order valence-corrected chi connectivity index (χ1v) is 10.5.